The van der Waals surface area contributed by atoms with E-state index in [1.54, 1.807) is 0 Å². The lowest BCUT2D eigenvalue weighted by Gasteiger charge is -2.34. The summed E-state index contributed by atoms with van der Waals surface area (Å²) < 4.78 is 5.70. The third kappa shape index (κ3) is 2.32. The SMILES string of the molecule is NNC1CC(OCc2ccccc2)C1. The van der Waals surface area contributed by atoms with Crippen LogP contribution in [0, 0.1) is 0 Å². The first-order valence-corrected chi connectivity index (χ1v) is 5.00. The fourth-order valence-electron chi connectivity index (χ4n) is 1.63. The fourth-order valence-corrected chi connectivity index (χ4v) is 1.63. The minimum absolute atomic E-state index is 0.385. The molecule has 3 N–H and O–H groups in total. The highest BCUT2D eigenvalue weighted by molar-refractivity contribution is 5.13. The van der Waals surface area contributed by atoms with Gasteiger partial charge in [-0.15, -0.1) is 0 Å². The summed E-state index contributed by atoms with van der Waals surface area (Å²) in [4.78, 5) is 0. The maximum atomic E-state index is 5.70. The molecule has 1 saturated carbocycles. The zero-order chi connectivity index (χ0) is 9.80. The van der Waals surface area contributed by atoms with E-state index < -0.39 is 0 Å². The summed E-state index contributed by atoms with van der Waals surface area (Å²) in [5.74, 6) is 5.30. The van der Waals surface area contributed by atoms with Gasteiger partial charge in [-0.2, -0.15) is 0 Å². The average Bonchev–Trinajstić information content (AvgIpc) is 2.17. The molecule has 1 fully saturated rings. The summed E-state index contributed by atoms with van der Waals surface area (Å²) in [7, 11) is 0. The van der Waals surface area contributed by atoms with Crippen LogP contribution < -0.4 is 11.3 Å². The number of ether oxygens (including phenoxy) is 1. The maximum absolute atomic E-state index is 5.70. The second-order valence-corrected chi connectivity index (χ2v) is 3.75. The van der Waals surface area contributed by atoms with E-state index in [0.29, 0.717) is 18.8 Å². The Morgan fingerprint density at radius 1 is 1.29 bits per heavy atom. The Hall–Kier alpha value is -0.900. The second kappa shape index (κ2) is 4.55. The van der Waals surface area contributed by atoms with Crippen LogP contribution in [0.5, 0.6) is 0 Å². The van der Waals surface area contributed by atoms with Gasteiger partial charge in [0.1, 0.15) is 0 Å². The van der Waals surface area contributed by atoms with Gasteiger partial charge >= 0.3 is 0 Å². The van der Waals surface area contributed by atoms with Gasteiger partial charge in [-0.25, -0.2) is 0 Å². The number of nitrogens with one attached hydrogen (secondary N) is 1. The van der Waals surface area contributed by atoms with E-state index in [1.165, 1.54) is 5.56 Å². The van der Waals surface area contributed by atoms with Crippen molar-refractivity contribution in [2.75, 3.05) is 0 Å². The molecule has 0 unspecified atom stereocenters. The summed E-state index contributed by atoms with van der Waals surface area (Å²) >= 11 is 0. The van der Waals surface area contributed by atoms with Gasteiger partial charge in [-0.1, -0.05) is 30.3 Å². The van der Waals surface area contributed by atoms with Crippen molar-refractivity contribution in [2.24, 2.45) is 5.84 Å². The first-order valence-electron chi connectivity index (χ1n) is 5.00. The highest BCUT2D eigenvalue weighted by Gasteiger charge is 2.28. The molecule has 1 aromatic carbocycles. The minimum atomic E-state index is 0.385. The highest BCUT2D eigenvalue weighted by Crippen LogP contribution is 2.23. The summed E-state index contributed by atoms with van der Waals surface area (Å²) in [6, 6.07) is 10.7. The molecule has 14 heavy (non-hydrogen) atoms. The molecule has 0 amide bonds. The number of nitrogens with two attached hydrogens (primary N) is 1. The molecule has 1 aromatic rings. The van der Waals surface area contributed by atoms with Gasteiger partial charge in [0.25, 0.3) is 0 Å². The molecule has 0 saturated heterocycles. The molecule has 1 aliphatic carbocycles. The number of rotatable bonds is 4. The van der Waals surface area contributed by atoms with Gasteiger partial charge in [-0.3, -0.25) is 11.3 Å². The molecule has 0 spiro atoms. The van der Waals surface area contributed by atoms with Gasteiger partial charge in [0.15, 0.2) is 0 Å². The van der Waals surface area contributed by atoms with E-state index in [1.807, 2.05) is 18.2 Å². The standard InChI is InChI=1S/C11H16N2O/c12-13-10-6-11(7-10)14-8-9-4-2-1-3-5-9/h1-5,10-11,13H,6-8,12H2. The Morgan fingerprint density at radius 3 is 2.64 bits per heavy atom. The topological polar surface area (TPSA) is 47.3 Å². The molecule has 1 aliphatic rings. The van der Waals surface area contributed by atoms with Crippen LogP contribution >= 0.6 is 0 Å². The third-order valence-electron chi connectivity index (χ3n) is 2.66. The number of hydrogen-bond acceptors (Lipinski definition) is 3. The van der Waals surface area contributed by atoms with Crippen molar-refractivity contribution >= 4 is 0 Å². The Bertz CT molecular complexity index is 270. The predicted octanol–water partition coefficient (Wildman–Crippen LogP) is 1.20. The summed E-state index contributed by atoms with van der Waals surface area (Å²) in [6.45, 7) is 0.711. The lowest BCUT2D eigenvalue weighted by atomic mass is 9.90. The van der Waals surface area contributed by atoms with Gasteiger partial charge in [0, 0.05) is 6.04 Å². The van der Waals surface area contributed by atoms with Crippen LogP contribution in [0.4, 0.5) is 0 Å². The first-order chi connectivity index (χ1) is 6.88. The van der Waals surface area contributed by atoms with Crippen LogP contribution in [0.3, 0.4) is 0 Å². The highest BCUT2D eigenvalue weighted by atomic mass is 16.5. The monoisotopic (exact) mass is 192 g/mol. The lowest BCUT2D eigenvalue weighted by Crippen LogP contribution is -2.48. The summed E-state index contributed by atoms with van der Waals surface area (Å²) in [5.41, 5.74) is 3.98. The molecular formula is C11H16N2O. The van der Waals surface area contributed by atoms with Crippen molar-refractivity contribution < 1.29 is 4.74 Å². The van der Waals surface area contributed by atoms with E-state index in [4.69, 9.17) is 10.6 Å². The van der Waals surface area contributed by atoms with E-state index in [-0.39, 0.29) is 0 Å². The van der Waals surface area contributed by atoms with Gasteiger partial charge in [0.2, 0.25) is 0 Å². The van der Waals surface area contributed by atoms with Gasteiger partial charge in [-0.05, 0) is 18.4 Å². The minimum Gasteiger partial charge on any atom is -0.373 e. The van der Waals surface area contributed by atoms with Crippen LogP contribution in [-0.2, 0) is 11.3 Å². The molecule has 0 heterocycles. The average molecular weight is 192 g/mol. The Balaban J connectivity index is 1.69. The number of benzene rings is 1. The Labute approximate surface area is 84.2 Å². The van der Waals surface area contributed by atoms with E-state index in [0.717, 1.165) is 12.8 Å². The fraction of sp³-hybridized carbons (Fsp3) is 0.455. The molecule has 0 aromatic heterocycles. The molecular weight excluding hydrogens is 176 g/mol. The molecule has 3 nitrogen and oxygen atoms in total. The normalized spacial score (nSPS) is 25.8. The lowest BCUT2D eigenvalue weighted by molar-refractivity contribution is -0.0265. The zero-order valence-electron chi connectivity index (χ0n) is 8.15. The third-order valence-corrected chi connectivity index (χ3v) is 2.66. The van der Waals surface area contributed by atoms with Crippen molar-refractivity contribution in [3.8, 4) is 0 Å². The number of hydrazine groups is 1. The van der Waals surface area contributed by atoms with Crippen LogP contribution in [0.25, 0.3) is 0 Å². The molecule has 0 bridgehead atoms. The van der Waals surface area contributed by atoms with Crippen LogP contribution in [0.1, 0.15) is 18.4 Å². The van der Waals surface area contributed by atoms with Crippen LogP contribution in [0.2, 0.25) is 0 Å². The smallest absolute Gasteiger partial charge is 0.0720 e. The maximum Gasteiger partial charge on any atom is 0.0720 e. The summed E-state index contributed by atoms with van der Waals surface area (Å²) in [6.07, 6.45) is 2.45. The zero-order valence-corrected chi connectivity index (χ0v) is 8.15. The van der Waals surface area contributed by atoms with E-state index >= 15 is 0 Å². The van der Waals surface area contributed by atoms with E-state index in [9.17, 15) is 0 Å². The van der Waals surface area contributed by atoms with Crippen molar-refractivity contribution in [2.45, 2.75) is 31.6 Å². The molecule has 76 valence electrons. The molecule has 3 heteroatoms. The molecule has 0 radical (unpaired) electrons. The first kappa shape index (κ1) is 9.65. The number of hydrogen-bond donors (Lipinski definition) is 2. The Kier molecular flexibility index (Phi) is 3.14. The Morgan fingerprint density at radius 2 is 2.00 bits per heavy atom. The van der Waals surface area contributed by atoms with Crippen molar-refractivity contribution in [3.63, 3.8) is 0 Å². The van der Waals surface area contributed by atoms with E-state index in [2.05, 4.69) is 17.6 Å². The van der Waals surface area contributed by atoms with Crippen molar-refractivity contribution in [1.29, 1.82) is 0 Å². The van der Waals surface area contributed by atoms with Crippen LogP contribution in [0.15, 0.2) is 30.3 Å². The predicted molar refractivity (Wildman–Crippen MR) is 55.4 cm³/mol. The second-order valence-electron chi connectivity index (χ2n) is 3.75. The van der Waals surface area contributed by atoms with Gasteiger partial charge in [0.05, 0.1) is 12.7 Å². The van der Waals surface area contributed by atoms with Crippen molar-refractivity contribution in [3.05, 3.63) is 35.9 Å². The summed E-state index contributed by atoms with van der Waals surface area (Å²) in [5, 5.41) is 0. The quantitative estimate of drug-likeness (QED) is 0.556. The molecule has 0 aliphatic heterocycles. The molecule has 0 atom stereocenters. The molecule has 2 rings (SSSR count). The van der Waals surface area contributed by atoms with Crippen molar-refractivity contribution in [1.82, 2.24) is 5.43 Å². The van der Waals surface area contributed by atoms with Crippen LogP contribution in [-0.4, -0.2) is 12.1 Å². The largest absolute Gasteiger partial charge is 0.373 e. The van der Waals surface area contributed by atoms with Gasteiger partial charge < -0.3 is 4.74 Å².